The Kier molecular flexibility index (Phi) is 11.3. The molecule has 0 radical (unpaired) electrons. The average Bonchev–Trinajstić information content (AvgIpc) is 2.72. The predicted octanol–water partition coefficient (Wildman–Crippen LogP) is 7.24. The van der Waals surface area contributed by atoms with Crippen molar-refractivity contribution in [1.82, 2.24) is 5.06 Å². The number of hydroxylamine groups is 2. The number of hydrogen-bond donors (Lipinski definition) is 1. The van der Waals surface area contributed by atoms with Gasteiger partial charge in [0.25, 0.3) is 0 Å². The van der Waals surface area contributed by atoms with E-state index in [0.717, 1.165) is 24.3 Å². The molecule has 1 heterocycles. The van der Waals surface area contributed by atoms with Gasteiger partial charge < -0.3 is 0 Å². The summed E-state index contributed by atoms with van der Waals surface area (Å²) in [6.07, 6.45) is 18.2. The molecule has 2 rings (SSSR count). The topological polar surface area (TPSA) is 40.5 Å². The highest BCUT2D eigenvalue weighted by Gasteiger charge is 2.35. The van der Waals surface area contributed by atoms with Crippen LogP contribution in [0, 0.1) is 0 Å². The first-order chi connectivity index (χ1) is 13.7. The molecular weight excluding hydrogens is 346 g/mol. The molecule has 158 valence electrons. The second kappa shape index (κ2) is 13.8. The van der Waals surface area contributed by atoms with Crippen LogP contribution in [0.4, 0.5) is 0 Å². The van der Waals surface area contributed by atoms with Crippen LogP contribution in [-0.2, 0) is 4.79 Å². The molecule has 1 aliphatic heterocycles. The zero-order valence-electron chi connectivity index (χ0n) is 18.0. The molecule has 0 saturated carbocycles. The summed E-state index contributed by atoms with van der Waals surface area (Å²) in [5.41, 5.74) is 1.25. The maximum absolute atomic E-state index is 12.0. The van der Waals surface area contributed by atoms with E-state index in [4.69, 9.17) is 0 Å². The van der Waals surface area contributed by atoms with Gasteiger partial charge >= 0.3 is 0 Å². The number of unbranched alkanes of at least 4 members (excludes halogenated alkanes) is 11. The normalized spacial score (nSPS) is 19.9. The molecule has 1 saturated heterocycles. The third kappa shape index (κ3) is 7.95. The maximum atomic E-state index is 12.0. The van der Waals surface area contributed by atoms with Crippen molar-refractivity contribution < 1.29 is 10.0 Å². The van der Waals surface area contributed by atoms with Crippen molar-refractivity contribution in [2.24, 2.45) is 0 Å². The molecule has 0 aliphatic carbocycles. The van der Waals surface area contributed by atoms with E-state index in [1.165, 1.54) is 76.2 Å². The summed E-state index contributed by atoms with van der Waals surface area (Å²) in [4.78, 5) is 12.0. The first-order valence-electron chi connectivity index (χ1n) is 11.8. The van der Waals surface area contributed by atoms with E-state index in [1.54, 1.807) is 0 Å². The van der Waals surface area contributed by atoms with Gasteiger partial charge in [0, 0.05) is 12.3 Å². The van der Waals surface area contributed by atoms with Crippen LogP contribution in [0.1, 0.15) is 115 Å². The number of hydrogen-bond acceptors (Lipinski definition) is 2. The highest BCUT2D eigenvalue weighted by Crippen LogP contribution is 2.35. The fourth-order valence-electron chi connectivity index (χ4n) is 4.55. The van der Waals surface area contributed by atoms with E-state index < -0.39 is 0 Å². The SMILES string of the molecule is CCCCCCCCCCCCCC[C@H]1[C@H](c2ccccc2)CCC(=O)N1O. The monoisotopic (exact) mass is 387 g/mol. The van der Waals surface area contributed by atoms with Gasteiger partial charge in [-0.05, 0) is 18.4 Å². The Morgan fingerprint density at radius 2 is 1.39 bits per heavy atom. The fourth-order valence-corrected chi connectivity index (χ4v) is 4.55. The van der Waals surface area contributed by atoms with Crippen LogP contribution < -0.4 is 0 Å². The molecule has 1 N–H and O–H groups in total. The molecule has 1 fully saturated rings. The zero-order chi connectivity index (χ0) is 20.0. The summed E-state index contributed by atoms with van der Waals surface area (Å²) < 4.78 is 0. The van der Waals surface area contributed by atoms with Crippen LogP contribution in [0.5, 0.6) is 0 Å². The molecule has 3 heteroatoms. The summed E-state index contributed by atoms with van der Waals surface area (Å²) in [6.45, 7) is 2.27. The van der Waals surface area contributed by atoms with Gasteiger partial charge in [0.15, 0.2) is 0 Å². The number of carbonyl (C=O) groups excluding carboxylic acids is 1. The lowest BCUT2D eigenvalue weighted by atomic mass is 9.82. The van der Waals surface area contributed by atoms with Gasteiger partial charge in [-0.3, -0.25) is 10.0 Å². The second-order valence-electron chi connectivity index (χ2n) is 8.54. The van der Waals surface area contributed by atoms with E-state index in [-0.39, 0.29) is 17.9 Å². The molecular formula is C25H41NO2. The third-order valence-electron chi connectivity index (χ3n) is 6.28. The van der Waals surface area contributed by atoms with Crippen LogP contribution in [-0.4, -0.2) is 22.2 Å². The Morgan fingerprint density at radius 1 is 0.857 bits per heavy atom. The van der Waals surface area contributed by atoms with E-state index in [1.807, 2.05) is 18.2 Å². The standard InChI is InChI=1S/C25H41NO2/c1-2-3-4-5-6-7-8-9-10-11-12-16-19-24-23(20-21-25(27)26(24)28)22-17-14-13-15-18-22/h13-15,17-18,23-24,28H,2-12,16,19-21H2,1H3/t23-,24-/m0/s1. The van der Waals surface area contributed by atoms with Crippen molar-refractivity contribution in [3.05, 3.63) is 35.9 Å². The minimum Gasteiger partial charge on any atom is -0.286 e. The Bertz CT molecular complexity index is 531. The van der Waals surface area contributed by atoms with Gasteiger partial charge in [0.1, 0.15) is 0 Å². The molecule has 3 nitrogen and oxygen atoms in total. The summed E-state index contributed by atoms with van der Waals surface area (Å²) in [7, 11) is 0. The minimum absolute atomic E-state index is 0.0632. The number of piperidine rings is 1. The third-order valence-corrected chi connectivity index (χ3v) is 6.28. The molecule has 2 atom stereocenters. The summed E-state index contributed by atoms with van der Waals surface area (Å²) in [5.74, 6) is 0.146. The van der Waals surface area contributed by atoms with Gasteiger partial charge in [-0.2, -0.15) is 0 Å². The molecule has 0 bridgehead atoms. The molecule has 0 unspecified atom stereocenters. The Hall–Kier alpha value is -1.35. The fraction of sp³-hybridized carbons (Fsp3) is 0.720. The molecule has 0 aromatic heterocycles. The summed E-state index contributed by atoms with van der Waals surface area (Å²) in [5, 5.41) is 11.4. The van der Waals surface area contributed by atoms with Gasteiger partial charge in [-0.15, -0.1) is 0 Å². The molecule has 1 aromatic rings. The second-order valence-corrected chi connectivity index (χ2v) is 8.54. The summed E-state index contributed by atoms with van der Waals surface area (Å²) in [6, 6.07) is 10.3. The summed E-state index contributed by atoms with van der Waals surface area (Å²) >= 11 is 0. The van der Waals surface area contributed by atoms with Crippen LogP contribution >= 0.6 is 0 Å². The number of benzene rings is 1. The number of amides is 1. The Morgan fingerprint density at radius 3 is 1.96 bits per heavy atom. The first kappa shape index (κ1) is 22.9. The van der Waals surface area contributed by atoms with Crippen molar-refractivity contribution >= 4 is 5.91 Å². The first-order valence-corrected chi connectivity index (χ1v) is 11.8. The van der Waals surface area contributed by atoms with Crippen LogP contribution in [0.15, 0.2) is 30.3 Å². The van der Waals surface area contributed by atoms with Gasteiger partial charge in [-0.25, -0.2) is 5.06 Å². The van der Waals surface area contributed by atoms with E-state index in [2.05, 4.69) is 19.1 Å². The van der Waals surface area contributed by atoms with Gasteiger partial charge in [-0.1, -0.05) is 114 Å². The molecule has 1 aliphatic rings. The van der Waals surface area contributed by atoms with Crippen molar-refractivity contribution in [3.63, 3.8) is 0 Å². The highest BCUT2D eigenvalue weighted by atomic mass is 16.5. The minimum atomic E-state index is -0.115. The van der Waals surface area contributed by atoms with Crippen LogP contribution in [0.25, 0.3) is 0 Å². The molecule has 28 heavy (non-hydrogen) atoms. The number of rotatable bonds is 14. The zero-order valence-corrected chi connectivity index (χ0v) is 18.0. The number of carbonyl (C=O) groups is 1. The molecule has 0 spiro atoms. The largest absolute Gasteiger partial charge is 0.286 e. The number of nitrogens with zero attached hydrogens (tertiary/aromatic N) is 1. The Labute approximate surface area is 172 Å². The van der Waals surface area contributed by atoms with Gasteiger partial charge in [0.2, 0.25) is 5.91 Å². The quantitative estimate of drug-likeness (QED) is 0.270. The van der Waals surface area contributed by atoms with Gasteiger partial charge in [0.05, 0.1) is 6.04 Å². The maximum Gasteiger partial charge on any atom is 0.246 e. The van der Waals surface area contributed by atoms with E-state index in [9.17, 15) is 10.0 Å². The lowest BCUT2D eigenvalue weighted by Gasteiger charge is -2.37. The smallest absolute Gasteiger partial charge is 0.246 e. The predicted molar refractivity (Wildman–Crippen MR) is 117 cm³/mol. The van der Waals surface area contributed by atoms with Crippen molar-refractivity contribution in [1.29, 1.82) is 0 Å². The van der Waals surface area contributed by atoms with Crippen LogP contribution in [0.3, 0.4) is 0 Å². The highest BCUT2D eigenvalue weighted by molar-refractivity contribution is 5.76. The van der Waals surface area contributed by atoms with E-state index in [0.29, 0.717) is 6.42 Å². The van der Waals surface area contributed by atoms with E-state index >= 15 is 0 Å². The molecule has 1 aromatic carbocycles. The molecule has 1 amide bonds. The van der Waals surface area contributed by atoms with Crippen molar-refractivity contribution in [2.75, 3.05) is 0 Å². The lowest BCUT2D eigenvalue weighted by molar-refractivity contribution is -0.185. The Balaban J connectivity index is 1.60. The van der Waals surface area contributed by atoms with Crippen molar-refractivity contribution in [3.8, 4) is 0 Å². The van der Waals surface area contributed by atoms with Crippen molar-refractivity contribution in [2.45, 2.75) is 115 Å². The lowest BCUT2D eigenvalue weighted by Crippen LogP contribution is -2.45. The average molecular weight is 388 g/mol. The van der Waals surface area contributed by atoms with Crippen LogP contribution in [0.2, 0.25) is 0 Å².